The molecule has 0 unspecified atom stereocenters. The molecular formula is C24H20BrN3O6. The molecule has 0 amide bonds. The van der Waals surface area contributed by atoms with Crippen LogP contribution in [0.25, 0.3) is 6.08 Å². The van der Waals surface area contributed by atoms with Gasteiger partial charge in [0, 0.05) is 28.8 Å². The van der Waals surface area contributed by atoms with Crippen LogP contribution in [0, 0.1) is 20.2 Å². The molecule has 0 saturated heterocycles. The number of nitro benzene ring substituents is 2. The van der Waals surface area contributed by atoms with E-state index in [0.29, 0.717) is 12.1 Å². The van der Waals surface area contributed by atoms with E-state index in [-0.39, 0.29) is 23.8 Å². The number of halogens is 1. The largest absolute Gasteiger partial charge is 0.485 e. The summed E-state index contributed by atoms with van der Waals surface area (Å²) in [6, 6.07) is 17.9. The third-order valence-electron chi connectivity index (χ3n) is 4.92. The second-order valence-corrected chi connectivity index (χ2v) is 8.15. The monoisotopic (exact) mass is 525 g/mol. The molecule has 0 radical (unpaired) electrons. The molecule has 0 aromatic heterocycles. The van der Waals surface area contributed by atoms with Gasteiger partial charge in [-0.25, -0.2) is 0 Å². The van der Waals surface area contributed by atoms with Crippen molar-refractivity contribution in [1.82, 2.24) is 0 Å². The molecule has 3 rings (SSSR count). The van der Waals surface area contributed by atoms with Gasteiger partial charge in [-0.05, 0) is 54.1 Å². The van der Waals surface area contributed by atoms with Crippen LogP contribution < -0.4 is 9.64 Å². The first-order chi connectivity index (χ1) is 16.2. The summed E-state index contributed by atoms with van der Waals surface area (Å²) in [4.78, 5) is 34.8. The quantitative estimate of drug-likeness (QED) is 0.145. The number of ketones is 1. The van der Waals surface area contributed by atoms with Crippen molar-refractivity contribution in [2.24, 2.45) is 0 Å². The summed E-state index contributed by atoms with van der Waals surface area (Å²) in [6.45, 7) is 0.559. The maximum atomic E-state index is 12.3. The highest BCUT2D eigenvalue weighted by Gasteiger charge is 2.20. The van der Waals surface area contributed by atoms with E-state index in [1.165, 1.54) is 18.2 Å². The van der Waals surface area contributed by atoms with E-state index in [1.54, 1.807) is 18.2 Å². The van der Waals surface area contributed by atoms with E-state index in [4.69, 9.17) is 4.74 Å². The van der Waals surface area contributed by atoms with Gasteiger partial charge in [0.15, 0.2) is 11.5 Å². The predicted octanol–water partition coefficient (Wildman–Crippen LogP) is 5.68. The molecule has 10 heteroatoms. The second kappa shape index (κ2) is 11.2. The zero-order valence-corrected chi connectivity index (χ0v) is 19.7. The van der Waals surface area contributed by atoms with Gasteiger partial charge in [0.05, 0.1) is 22.5 Å². The summed E-state index contributed by atoms with van der Waals surface area (Å²) >= 11 is 3.34. The average Bonchev–Trinajstić information content (AvgIpc) is 2.83. The van der Waals surface area contributed by atoms with Crippen LogP contribution in [0.4, 0.5) is 17.1 Å². The smallest absolute Gasteiger partial charge is 0.317 e. The fraction of sp³-hybridized carbons (Fsp3) is 0.125. The number of allylic oxidation sites excluding steroid dienone is 1. The summed E-state index contributed by atoms with van der Waals surface area (Å²) in [6.07, 6.45) is 3.26. The van der Waals surface area contributed by atoms with E-state index in [2.05, 4.69) is 15.9 Å². The fourth-order valence-corrected chi connectivity index (χ4v) is 3.29. The van der Waals surface area contributed by atoms with Crippen molar-refractivity contribution in [1.29, 1.82) is 0 Å². The van der Waals surface area contributed by atoms with Gasteiger partial charge in [-0.15, -0.1) is 0 Å². The Labute approximate surface area is 203 Å². The molecule has 0 atom stereocenters. The highest BCUT2D eigenvalue weighted by Crippen LogP contribution is 2.31. The number of carbonyl (C=O) groups excluding carboxylic acids is 1. The van der Waals surface area contributed by atoms with Gasteiger partial charge in [0.1, 0.15) is 6.61 Å². The fourth-order valence-electron chi connectivity index (χ4n) is 3.03. The van der Waals surface area contributed by atoms with Crippen molar-refractivity contribution >= 4 is 44.9 Å². The van der Waals surface area contributed by atoms with Crippen LogP contribution >= 0.6 is 15.9 Å². The van der Waals surface area contributed by atoms with Gasteiger partial charge < -0.3 is 9.64 Å². The first-order valence-electron chi connectivity index (χ1n) is 10.1. The Morgan fingerprint density at radius 2 is 1.68 bits per heavy atom. The van der Waals surface area contributed by atoms with Crippen LogP contribution in [-0.4, -0.2) is 35.8 Å². The summed E-state index contributed by atoms with van der Waals surface area (Å²) in [5.41, 5.74) is 1.53. The van der Waals surface area contributed by atoms with E-state index in [0.717, 1.165) is 21.8 Å². The van der Waals surface area contributed by atoms with Gasteiger partial charge in [0.2, 0.25) is 0 Å². The van der Waals surface area contributed by atoms with Crippen LogP contribution in [0.3, 0.4) is 0 Å². The van der Waals surface area contributed by atoms with Crippen molar-refractivity contribution in [2.45, 2.75) is 0 Å². The average molecular weight is 526 g/mol. The Bertz CT molecular complexity index is 1230. The molecule has 34 heavy (non-hydrogen) atoms. The number of non-ortho nitro benzene ring substituents is 1. The minimum absolute atomic E-state index is 0.0278. The molecule has 0 bridgehead atoms. The van der Waals surface area contributed by atoms with E-state index in [9.17, 15) is 25.0 Å². The third-order valence-corrected chi connectivity index (χ3v) is 5.45. The summed E-state index contributed by atoms with van der Waals surface area (Å²) in [7, 11) is 1.84. The van der Waals surface area contributed by atoms with Crippen molar-refractivity contribution < 1.29 is 19.4 Å². The number of rotatable bonds is 10. The van der Waals surface area contributed by atoms with Gasteiger partial charge in [0.25, 0.3) is 5.69 Å². The number of ether oxygens (including phenoxy) is 1. The number of anilines is 1. The van der Waals surface area contributed by atoms with E-state index < -0.39 is 15.5 Å². The van der Waals surface area contributed by atoms with Crippen LogP contribution in [0.1, 0.15) is 15.9 Å². The molecule has 0 spiro atoms. The van der Waals surface area contributed by atoms with Gasteiger partial charge in [-0.1, -0.05) is 34.1 Å². The van der Waals surface area contributed by atoms with Gasteiger partial charge >= 0.3 is 5.69 Å². The molecule has 9 nitrogen and oxygen atoms in total. The van der Waals surface area contributed by atoms with Gasteiger partial charge in [-0.3, -0.25) is 25.0 Å². The Balaban J connectivity index is 1.56. The maximum Gasteiger partial charge on any atom is 0.317 e. The first-order valence-corrected chi connectivity index (χ1v) is 10.9. The highest BCUT2D eigenvalue weighted by molar-refractivity contribution is 9.10. The second-order valence-electron chi connectivity index (χ2n) is 7.23. The molecule has 174 valence electrons. The minimum Gasteiger partial charge on any atom is -0.485 e. The highest BCUT2D eigenvalue weighted by atomic mass is 79.9. The number of benzene rings is 3. The molecule has 0 fully saturated rings. The molecule has 3 aromatic carbocycles. The predicted molar refractivity (Wildman–Crippen MR) is 132 cm³/mol. The van der Waals surface area contributed by atoms with Gasteiger partial charge in [-0.2, -0.15) is 0 Å². The van der Waals surface area contributed by atoms with E-state index >= 15 is 0 Å². The molecule has 0 aliphatic rings. The molecule has 0 aliphatic carbocycles. The Kier molecular flexibility index (Phi) is 8.10. The zero-order valence-electron chi connectivity index (χ0n) is 18.1. The lowest BCUT2D eigenvalue weighted by atomic mass is 10.1. The minimum atomic E-state index is -0.709. The number of likely N-dealkylation sites (N-methyl/N-ethyl adjacent to an activating group) is 1. The molecular weight excluding hydrogens is 506 g/mol. The normalized spacial score (nSPS) is 10.8. The molecule has 0 saturated carbocycles. The van der Waals surface area contributed by atoms with Crippen LogP contribution in [0.2, 0.25) is 0 Å². The molecule has 0 N–H and O–H groups in total. The first kappa shape index (κ1) is 24.6. The lowest BCUT2D eigenvalue weighted by Crippen LogP contribution is -2.23. The summed E-state index contributed by atoms with van der Waals surface area (Å²) in [5, 5.41) is 22.0. The van der Waals surface area contributed by atoms with Crippen LogP contribution in [0.15, 0.2) is 77.3 Å². The van der Waals surface area contributed by atoms with Crippen molar-refractivity contribution in [3.63, 3.8) is 0 Å². The molecule has 0 aliphatic heterocycles. The number of nitro groups is 2. The Morgan fingerprint density at radius 3 is 2.29 bits per heavy atom. The standard InChI is InChI=1S/C24H20BrN3O6/c1-26(14-15-34-24-13-11-21(27(30)31)16-22(24)28(32)33)20-9-2-17(3-10-20)4-12-23(29)18-5-7-19(25)8-6-18/h2-13,16H,14-15H2,1H3. The zero-order chi connectivity index (χ0) is 24.7. The number of hydrogen-bond donors (Lipinski definition) is 0. The Hall–Kier alpha value is -4.05. The number of nitrogens with zero attached hydrogens (tertiary/aromatic N) is 3. The number of carbonyl (C=O) groups is 1. The SMILES string of the molecule is CN(CCOc1ccc([N+](=O)[O-])cc1[N+](=O)[O-])c1ccc(C=CC(=O)c2ccc(Br)cc2)cc1. The lowest BCUT2D eigenvalue weighted by molar-refractivity contribution is -0.394. The van der Waals surface area contributed by atoms with Crippen molar-refractivity contribution in [3.8, 4) is 5.75 Å². The summed E-state index contributed by atoms with van der Waals surface area (Å²) in [5.74, 6) is -0.119. The van der Waals surface area contributed by atoms with E-state index in [1.807, 2.05) is 48.3 Å². The topological polar surface area (TPSA) is 116 Å². The van der Waals surface area contributed by atoms with Crippen LogP contribution in [0.5, 0.6) is 5.75 Å². The third kappa shape index (κ3) is 6.48. The van der Waals surface area contributed by atoms with Crippen molar-refractivity contribution in [3.05, 3.63) is 109 Å². The Morgan fingerprint density at radius 1 is 1.00 bits per heavy atom. The van der Waals surface area contributed by atoms with Crippen molar-refractivity contribution in [2.75, 3.05) is 25.1 Å². The summed E-state index contributed by atoms with van der Waals surface area (Å²) < 4.78 is 6.41. The maximum absolute atomic E-state index is 12.3. The number of hydrogen-bond acceptors (Lipinski definition) is 7. The van der Waals surface area contributed by atoms with Crippen LogP contribution in [-0.2, 0) is 0 Å². The molecule has 0 heterocycles. The molecule has 3 aromatic rings. The lowest BCUT2D eigenvalue weighted by Gasteiger charge is -2.19.